The molecule has 0 fully saturated rings. The Kier molecular flexibility index (Phi) is 6.68. The SMILES string of the molecule is Cc1cc(I)ccc1Nc1ccc(Cl)cc1C(=O)NCCCO. The van der Waals surface area contributed by atoms with Crippen LogP contribution in [0.25, 0.3) is 0 Å². The summed E-state index contributed by atoms with van der Waals surface area (Å²) in [6, 6.07) is 11.2. The first kappa shape index (κ1) is 18.0. The number of nitrogens with one attached hydrogen (secondary N) is 2. The summed E-state index contributed by atoms with van der Waals surface area (Å²) in [5.74, 6) is -0.216. The monoisotopic (exact) mass is 444 g/mol. The molecule has 0 bridgehead atoms. The molecule has 2 aromatic rings. The molecule has 0 aliphatic heterocycles. The van der Waals surface area contributed by atoms with Crippen LogP contribution in [0, 0.1) is 10.5 Å². The summed E-state index contributed by atoms with van der Waals surface area (Å²) in [5, 5.41) is 15.4. The van der Waals surface area contributed by atoms with Crippen molar-refractivity contribution in [1.29, 1.82) is 0 Å². The minimum Gasteiger partial charge on any atom is -0.396 e. The molecule has 0 aliphatic carbocycles. The van der Waals surface area contributed by atoms with Crippen molar-refractivity contribution in [2.45, 2.75) is 13.3 Å². The number of aliphatic hydroxyl groups excluding tert-OH is 1. The highest BCUT2D eigenvalue weighted by Crippen LogP contribution is 2.27. The zero-order valence-corrected chi connectivity index (χ0v) is 15.6. The standard InChI is InChI=1S/C17H18ClIN2O2/c1-11-9-13(19)4-6-15(11)21-16-5-3-12(18)10-14(16)17(23)20-7-2-8-22/h3-6,9-10,21-22H,2,7-8H2,1H3,(H,20,23). The molecule has 0 heterocycles. The van der Waals surface area contributed by atoms with Crippen molar-refractivity contribution >= 4 is 51.5 Å². The van der Waals surface area contributed by atoms with Gasteiger partial charge in [0.1, 0.15) is 0 Å². The maximum Gasteiger partial charge on any atom is 0.253 e. The molecule has 122 valence electrons. The van der Waals surface area contributed by atoms with Gasteiger partial charge in [0.15, 0.2) is 0 Å². The van der Waals surface area contributed by atoms with E-state index in [0.717, 1.165) is 14.8 Å². The van der Waals surface area contributed by atoms with Crippen LogP contribution in [0.4, 0.5) is 11.4 Å². The fraction of sp³-hybridized carbons (Fsp3) is 0.235. The van der Waals surface area contributed by atoms with Crippen LogP contribution in [0.5, 0.6) is 0 Å². The summed E-state index contributed by atoms with van der Waals surface area (Å²) in [6.45, 7) is 2.48. The lowest BCUT2D eigenvalue weighted by Crippen LogP contribution is -2.25. The second kappa shape index (κ2) is 8.52. The topological polar surface area (TPSA) is 61.4 Å². The Labute approximate surface area is 154 Å². The summed E-state index contributed by atoms with van der Waals surface area (Å²) in [5.41, 5.74) is 3.21. The van der Waals surface area contributed by atoms with E-state index < -0.39 is 0 Å². The Morgan fingerprint density at radius 1 is 1.22 bits per heavy atom. The van der Waals surface area contributed by atoms with E-state index in [0.29, 0.717) is 29.2 Å². The van der Waals surface area contributed by atoms with E-state index in [4.69, 9.17) is 16.7 Å². The number of amides is 1. The summed E-state index contributed by atoms with van der Waals surface area (Å²) < 4.78 is 1.16. The van der Waals surface area contributed by atoms with Crippen LogP contribution in [-0.2, 0) is 0 Å². The molecular formula is C17H18ClIN2O2. The molecule has 0 aromatic heterocycles. The number of hydrogen-bond acceptors (Lipinski definition) is 3. The van der Waals surface area contributed by atoms with Gasteiger partial charge in [-0.3, -0.25) is 4.79 Å². The minimum atomic E-state index is -0.216. The van der Waals surface area contributed by atoms with Crippen molar-refractivity contribution < 1.29 is 9.90 Å². The summed E-state index contributed by atoms with van der Waals surface area (Å²) in [4.78, 5) is 12.3. The predicted octanol–water partition coefficient (Wildman–Crippen LogP) is 4.11. The third-order valence-electron chi connectivity index (χ3n) is 3.30. The summed E-state index contributed by atoms with van der Waals surface area (Å²) >= 11 is 8.29. The molecule has 0 unspecified atom stereocenters. The average molecular weight is 445 g/mol. The zero-order valence-electron chi connectivity index (χ0n) is 12.7. The Morgan fingerprint density at radius 2 is 1.96 bits per heavy atom. The van der Waals surface area contributed by atoms with Gasteiger partial charge in [0.25, 0.3) is 5.91 Å². The highest BCUT2D eigenvalue weighted by molar-refractivity contribution is 14.1. The molecule has 0 saturated heterocycles. The van der Waals surface area contributed by atoms with Crippen molar-refractivity contribution in [2.75, 3.05) is 18.5 Å². The van der Waals surface area contributed by atoms with Gasteiger partial charge >= 0.3 is 0 Å². The van der Waals surface area contributed by atoms with Gasteiger partial charge in [-0.25, -0.2) is 0 Å². The van der Waals surface area contributed by atoms with E-state index in [1.807, 2.05) is 19.1 Å². The smallest absolute Gasteiger partial charge is 0.253 e. The van der Waals surface area contributed by atoms with E-state index in [2.05, 4.69) is 39.3 Å². The molecule has 23 heavy (non-hydrogen) atoms. The molecular weight excluding hydrogens is 427 g/mol. The number of halogens is 2. The maximum atomic E-state index is 12.3. The Morgan fingerprint density at radius 3 is 2.65 bits per heavy atom. The quantitative estimate of drug-likeness (QED) is 0.464. The van der Waals surface area contributed by atoms with Crippen LogP contribution < -0.4 is 10.6 Å². The first-order chi connectivity index (χ1) is 11.0. The molecule has 4 nitrogen and oxygen atoms in total. The van der Waals surface area contributed by atoms with Crippen molar-refractivity contribution in [2.24, 2.45) is 0 Å². The van der Waals surface area contributed by atoms with Crippen molar-refractivity contribution in [3.63, 3.8) is 0 Å². The average Bonchev–Trinajstić information content (AvgIpc) is 2.51. The minimum absolute atomic E-state index is 0.0444. The van der Waals surface area contributed by atoms with Gasteiger partial charge in [-0.05, 0) is 77.9 Å². The lowest BCUT2D eigenvalue weighted by atomic mass is 10.1. The van der Waals surface area contributed by atoms with Gasteiger partial charge in [0, 0.05) is 27.4 Å². The second-order valence-electron chi connectivity index (χ2n) is 5.11. The van der Waals surface area contributed by atoms with Gasteiger partial charge in [-0.2, -0.15) is 0 Å². The zero-order chi connectivity index (χ0) is 16.8. The Balaban J connectivity index is 2.26. The normalized spacial score (nSPS) is 10.4. The Hall–Kier alpha value is -1.31. The molecule has 0 radical (unpaired) electrons. The first-order valence-electron chi connectivity index (χ1n) is 7.23. The molecule has 0 aliphatic rings. The van der Waals surface area contributed by atoms with Gasteiger partial charge in [-0.1, -0.05) is 11.6 Å². The number of benzene rings is 2. The van der Waals surface area contributed by atoms with Gasteiger partial charge in [0.2, 0.25) is 0 Å². The molecule has 3 N–H and O–H groups in total. The number of hydrogen-bond donors (Lipinski definition) is 3. The van der Waals surface area contributed by atoms with Crippen LogP contribution >= 0.6 is 34.2 Å². The molecule has 0 spiro atoms. The number of carbonyl (C=O) groups excluding carboxylic acids is 1. The largest absolute Gasteiger partial charge is 0.396 e. The van der Waals surface area contributed by atoms with Gasteiger partial charge < -0.3 is 15.7 Å². The number of anilines is 2. The van der Waals surface area contributed by atoms with Crippen molar-refractivity contribution in [1.82, 2.24) is 5.32 Å². The molecule has 2 rings (SSSR count). The van der Waals surface area contributed by atoms with Crippen molar-refractivity contribution in [3.8, 4) is 0 Å². The van der Waals surface area contributed by atoms with E-state index in [1.54, 1.807) is 18.2 Å². The van der Waals surface area contributed by atoms with Crippen molar-refractivity contribution in [3.05, 3.63) is 56.1 Å². The molecule has 6 heteroatoms. The van der Waals surface area contributed by atoms with Gasteiger partial charge in [0.05, 0.1) is 11.3 Å². The predicted molar refractivity (Wildman–Crippen MR) is 103 cm³/mol. The van der Waals surface area contributed by atoms with E-state index >= 15 is 0 Å². The van der Waals surface area contributed by atoms with Crippen LogP contribution in [0.2, 0.25) is 5.02 Å². The molecule has 1 amide bonds. The third kappa shape index (κ3) is 5.09. The number of carbonyl (C=O) groups is 1. The van der Waals surface area contributed by atoms with E-state index in [1.165, 1.54) is 0 Å². The van der Waals surface area contributed by atoms with Crippen LogP contribution in [0.15, 0.2) is 36.4 Å². The summed E-state index contributed by atoms with van der Waals surface area (Å²) in [6.07, 6.45) is 0.519. The summed E-state index contributed by atoms with van der Waals surface area (Å²) in [7, 11) is 0. The molecule has 2 aromatic carbocycles. The van der Waals surface area contributed by atoms with Crippen LogP contribution in [-0.4, -0.2) is 24.2 Å². The molecule has 0 atom stereocenters. The second-order valence-corrected chi connectivity index (χ2v) is 6.79. The van der Waals surface area contributed by atoms with Crippen LogP contribution in [0.1, 0.15) is 22.3 Å². The maximum absolute atomic E-state index is 12.3. The van der Waals surface area contributed by atoms with E-state index in [9.17, 15) is 4.79 Å². The van der Waals surface area contributed by atoms with Gasteiger partial charge in [-0.15, -0.1) is 0 Å². The lowest BCUT2D eigenvalue weighted by molar-refractivity contribution is 0.0952. The number of rotatable bonds is 6. The first-order valence-corrected chi connectivity index (χ1v) is 8.68. The lowest BCUT2D eigenvalue weighted by Gasteiger charge is -2.14. The van der Waals surface area contributed by atoms with E-state index in [-0.39, 0.29) is 12.5 Å². The fourth-order valence-electron chi connectivity index (χ4n) is 2.10. The van der Waals surface area contributed by atoms with Crippen LogP contribution in [0.3, 0.4) is 0 Å². The Bertz CT molecular complexity index is 707. The highest BCUT2D eigenvalue weighted by atomic mass is 127. The number of aryl methyl sites for hydroxylation is 1. The fourth-order valence-corrected chi connectivity index (χ4v) is 2.92. The number of aliphatic hydroxyl groups is 1. The molecule has 0 saturated carbocycles. The third-order valence-corrected chi connectivity index (χ3v) is 4.21. The highest BCUT2D eigenvalue weighted by Gasteiger charge is 2.13.